The van der Waals surface area contributed by atoms with Gasteiger partial charge in [0.15, 0.2) is 12.1 Å². The van der Waals surface area contributed by atoms with Crippen molar-refractivity contribution >= 4 is 17.9 Å². The highest BCUT2D eigenvalue weighted by molar-refractivity contribution is 5.72. The standard InChI is InChI=1S/C54H89NO7/c1-6-8-10-12-14-16-18-20-22-24-25-26-27-28-29-31-32-34-36-38-40-42-44-52(56)61-49-50(48-60-47-46-51(54(58)59)55(3,4)5)62-53(57)45-43-41-39-37-35-33-30-23-21-19-17-15-13-11-9-7-2/h8-11,14-17,20-23,25-26,33,35,50-51H,6-7,12-13,18-19,24,27-32,34,36-49H2,1-5H3/p+1/b10-8+,11-9+,16-14+,17-15+,22-20+,23-21+,26-25+,35-33+. The highest BCUT2D eigenvalue weighted by Crippen LogP contribution is 2.14. The maximum atomic E-state index is 12.8. The fourth-order valence-corrected chi connectivity index (χ4v) is 6.54. The van der Waals surface area contributed by atoms with Gasteiger partial charge in [-0.25, -0.2) is 4.79 Å². The van der Waals surface area contributed by atoms with Crippen molar-refractivity contribution in [3.8, 4) is 0 Å². The number of ether oxygens (including phenoxy) is 3. The Morgan fingerprint density at radius 3 is 1.27 bits per heavy atom. The Morgan fingerprint density at radius 2 is 0.855 bits per heavy atom. The van der Waals surface area contributed by atoms with Gasteiger partial charge in [-0.3, -0.25) is 9.59 Å². The summed E-state index contributed by atoms with van der Waals surface area (Å²) in [6, 6.07) is -0.627. The first-order chi connectivity index (χ1) is 30.1. The minimum atomic E-state index is -0.885. The van der Waals surface area contributed by atoms with E-state index in [1.807, 2.05) is 21.1 Å². The summed E-state index contributed by atoms with van der Waals surface area (Å²) < 4.78 is 17.3. The van der Waals surface area contributed by atoms with Gasteiger partial charge in [-0.05, 0) is 89.9 Å². The summed E-state index contributed by atoms with van der Waals surface area (Å²) in [7, 11) is 5.51. The number of rotatable bonds is 42. The maximum absolute atomic E-state index is 12.8. The van der Waals surface area contributed by atoms with E-state index in [-0.39, 0.29) is 42.7 Å². The summed E-state index contributed by atoms with van der Waals surface area (Å²) in [5.74, 6) is -1.53. The molecule has 0 aromatic rings. The highest BCUT2D eigenvalue weighted by atomic mass is 16.6. The molecule has 0 aliphatic carbocycles. The van der Waals surface area contributed by atoms with Crippen molar-refractivity contribution in [1.82, 2.24) is 0 Å². The SMILES string of the molecule is CC/C=C/C/C=C/C/C=C/C/C=C/CCCCCCCCCCCC(=O)OCC(COCCC(C(=O)O)[N+](C)(C)C)OC(=O)CCCCC/C=C/C/C=C/C/C=C/C/C=C/CC. The maximum Gasteiger partial charge on any atom is 0.362 e. The fraction of sp³-hybridized carbons (Fsp3) is 0.648. The number of carbonyl (C=O) groups is 3. The Morgan fingerprint density at radius 1 is 0.484 bits per heavy atom. The van der Waals surface area contributed by atoms with Crippen LogP contribution in [0.25, 0.3) is 0 Å². The predicted molar refractivity (Wildman–Crippen MR) is 261 cm³/mol. The number of quaternary nitrogens is 1. The second kappa shape index (κ2) is 43.9. The second-order valence-electron chi connectivity index (χ2n) is 17.0. The zero-order valence-electron chi connectivity index (χ0n) is 40.0. The van der Waals surface area contributed by atoms with Crippen LogP contribution in [0.15, 0.2) is 97.2 Å². The van der Waals surface area contributed by atoms with Crippen LogP contribution in [-0.4, -0.2) is 80.6 Å². The molecule has 0 aliphatic heterocycles. The van der Waals surface area contributed by atoms with Crippen molar-refractivity contribution in [3.05, 3.63) is 97.2 Å². The number of unbranched alkanes of at least 4 members (excludes halogenated alkanes) is 12. The summed E-state index contributed by atoms with van der Waals surface area (Å²) in [4.78, 5) is 37.1. The molecule has 0 amide bonds. The third-order valence-corrected chi connectivity index (χ3v) is 10.2. The topological polar surface area (TPSA) is 99.1 Å². The van der Waals surface area contributed by atoms with Gasteiger partial charge in [-0.2, -0.15) is 0 Å². The molecule has 0 rings (SSSR count). The zero-order valence-corrected chi connectivity index (χ0v) is 40.0. The molecular weight excluding hydrogens is 775 g/mol. The first-order valence-corrected chi connectivity index (χ1v) is 24.3. The third-order valence-electron chi connectivity index (χ3n) is 10.2. The summed E-state index contributed by atoms with van der Waals surface area (Å²) >= 11 is 0. The van der Waals surface area contributed by atoms with Gasteiger partial charge >= 0.3 is 17.9 Å². The van der Waals surface area contributed by atoms with E-state index < -0.39 is 18.1 Å². The molecular formula is C54H90NO7+. The van der Waals surface area contributed by atoms with Crippen LogP contribution in [0.3, 0.4) is 0 Å². The van der Waals surface area contributed by atoms with Gasteiger partial charge in [-0.1, -0.05) is 162 Å². The molecule has 1 N–H and O–H groups in total. The van der Waals surface area contributed by atoms with Crippen molar-refractivity contribution in [2.45, 2.75) is 187 Å². The average molecular weight is 865 g/mol. The van der Waals surface area contributed by atoms with Crippen molar-refractivity contribution in [2.75, 3.05) is 41.0 Å². The van der Waals surface area contributed by atoms with Crippen molar-refractivity contribution in [2.24, 2.45) is 0 Å². The van der Waals surface area contributed by atoms with Gasteiger partial charge in [-0.15, -0.1) is 0 Å². The Hall–Kier alpha value is -3.75. The molecule has 8 heteroatoms. The molecule has 8 nitrogen and oxygen atoms in total. The molecule has 2 unspecified atom stereocenters. The first-order valence-electron chi connectivity index (χ1n) is 24.3. The molecule has 0 aromatic carbocycles. The van der Waals surface area contributed by atoms with Crippen LogP contribution in [0.2, 0.25) is 0 Å². The van der Waals surface area contributed by atoms with Crippen molar-refractivity contribution in [3.63, 3.8) is 0 Å². The van der Waals surface area contributed by atoms with Crippen LogP contribution in [0.5, 0.6) is 0 Å². The lowest BCUT2D eigenvalue weighted by Crippen LogP contribution is -2.50. The number of allylic oxidation sites excluding steroid dienone is 16. The van der Waals surface area contributed by atoms with Gasteiger partial charge in [0.2, 0.25) is 0 Å². The molecule has 0 fully saturated rings. The Labute approximate surface area is 379 Å². The Bertz CT molecular complexity index is 1330. The van der Waals surface area contributed by atoms with E-state index in [1.165, 1.54) is 38.5 Å². The largest absolute Gasteiger partial charge is 0.477 e. The molecule has 0 aromatic heterocycles. The van der Waals surface area contributed by atoms with E-state index in [4.69, 9.17) is 14.2 Å². The summed E-state index contributed by atoms with van der Waals surface area (Å²) in [6.07, 6.45) is 58.8. The van der Waals surface area contributed by atoms with Crippen molar-refractivity contribution < 1.29 is 38.2 Å². The molecule has 0 aliphatic rings. The smallest absolute Gasteiger partial charge is 0.362 e. The molecule has 2 atom stereocenters. The van der Waals surface area contributed by atoms with E-state index in [0.717, 1.165) is 103 Å². The van der Waals surface area contributed by atoms with Gasteiger partial charge in [0.1, 0.15) is 6.61 Å². The van der Waals surface area contributed by atoms with Crippen LogP contribution in [0, 0.1) is 0 Å². The second-order valence-corrected chi connectivity index (χ2v) is 17.0. The minimum absolute atomic E-state index is 0.0404. The summed E-state index contributed by atoms with van der Waals surface area (Å²) in [6.45, 7) is 4.46. The lowest BCUT2D eigenvalue weighted by atomic mass is 10.1. The van der Waals surface area contributed by atoms with Crippen LogP contribution < -0.4 is 0 Å². The van der Waals surface area contributed by atoms with Crippen LogP contribution in [0.4, 0.5) is 0 Å². The number of likely N-dealkylation sites (N-methyl/N-ethyl adjacent to an activating group) is 1. The Balaban J connectivity index is 4.33. The Kier molecular flexibility index (Phi) is 41.2. The van der Waals surface area contributed by atoms with Gasteiger partial charge < -0.3 is 23.8 Å². The number of carboxylic acid groups (broad SMARTS) is 1. The molecule has 0 saturated heterocycles. The van der Waals surface area contributed by atoms with Crippen LogP contribution in [-0.2, 0) is 28.6 Å². The lowest BCUT2D eigenvalue weighted by Gasteiger charge is -2.31. The summed E-state index contributed by atoms with van der Waals surface area (Å²) in [5.41, 5.74) is 0. The predicted octanol–water partition coefficient (Wildman–Crippen LogP) is 13.9. The normalized spacial score (nSPS) is 13.8. The number of carbonyl (C=O) groups excluding carboxylic acids is 2. The number of hydrogen-bond acceptors (Lipinski definition) is 6. The van der Waals surface area contributed by atoms with E-state index in [9.17, 15) is 19.5 Å². The molecule has 62 heavy (non-hydrogen) atoms. The van der Waals surface area contributed by atoms with Crippen LogP contribution >= 0.6 is 0 Å². The summed E-state index contributed by atoms with van der Waals surface area (Å²) in [5, 5.41) is 9.64. The fourth-order valence-electron chi connectivity index (χ4n) is 6.54. The van der Waals surface area contributed by atoms with Gasteiger partial charge in [0, 0.05) is 19.3 Å². The monoisotopic (exact) mass is 865 g/mol. The average Bonchev–Trinajstić information content (AvgIpc) is 3.23. The third kappa shape index (κ3) is 41.6. The number of hydrogen-bond donors (Lipinski definition) is 1. The molecule has 0 heterocycles. The molecule has 352 valence electrons. The van der Waals surface area contributed by atoms with Gasteiger partial charge in [0.25, 0.3) is 0 Å². The van der Waals surface area contributed by atoms with E-state index >= 15 is 0 Å². The minimum Gasteiger partial charge on any atom is -0.477 e. The van der Waals surface area contributed by atoms with Gasteiger partial charge in [0.05, 0.1) is 34.4 Å². The first kappa shape index (κ1) is 58.2. The van der Waals surface area contributed by atoms with Crippen molar-refractivity contribution in [1.29, 1.82) is 0 Å². The van der Waals surface area contributed by atoms with Crippen LogP contribution in [0.1, 0.15) is 174 Å². The van der Waals surface area contributed by atoms with E-state index in [0.29, 0.717) is 12.8 Å². The highest BCUT2D eigenvalue weighted by Gasteiger charge is 2.31. The number of carboxylic acids is 1. The number of aliphatic carboxylic acids is 1. The number of nitrogens with zero attached hydrogens (tertiary/aromatic N) is 1. The quantitative estimate of drug-likeness (QED) is 0.0282. The van der Waals surface area contributed by atoms with E-state index in [1.54, 1.807) is 0 Å². The molecule has 0 spiro atoms. The molecule has 0 saturated carbocycles. The zero-order chi connectivity index (χ0) is 45.6. The van der Waals surface area contributed by atoms with E-state index in [2.05, 4.69) is 111 Å². The lowest BCUT2D eigenvalue weighted by molar-refractivity contribution is -0.887. The molecule has 0 bridgehead atoms. The number of esters is 2. The molecule has 0 radical (unpaired) electrons.